The van der Waals surface area contributed by atoms with Crippen LogP contribution in [-0.2, 0) is 17.5 Å². The van der Waals surface area contributed by atoms with Gasteiger partial charge in [-0.3, -0.25) is 19.7 Å². The van der Waals surface area contributed by atoms with E-state index in [9.17, 15) is 18.0 Å². The molecule has 1 fully saturated rings. The van der Waals surface area contributed by atoms with Gasteiger partial charge in [0.05, 0.1) is 48.1 Å². The lowest BCUT2D eigenvalue weighted by molar-refractivity contribution is -0.138. The van der Waals surface area contributed by atoms with Gasteiger partial charge in [0.2, 0.25) is 5.95 Å². The Morgan fingerprint density at radius 2 is 1.71 bits per heavy atom. The van der Waals surface area contributed by atoms with Crippen LogP contribution in [0.3, 0.4) is 0 Å². The summed E-state index contributed by atoms with van der Waals surface area (Å²) in [6.07, 6.45) is 0.441. The zero-order chi connectivity index (χ0) is 31.6. The summed E-state index contributed by atoms with van der Waals surface area (Å²) >= 11 is 0. The van der Waals surface area contributed by atoms with Crippen molar-refractivity contribution in [2.24, 2.45) is 0 Å². The van der Waals surface area contributed by atoms with Crippen molar-refractivity contribution in [3.05, 3.63) is 101 Å². The molecule has 1 saturated heterocycles. The molecule has 0 atom stereocenters. The molecule has 0 spiro atoms. The number of aryl methyl sites for hydroxylation is 2. The number of rotatable bonds is 7. The standard InChI is InChI=1S/C33H30F3N7O2/c1-20-3-7-25(40-31(44)22-5-6-23(28(13-22)33(34,35)36)19-43-9-11-45-12-10-43)15-27(20)29-14-24-16-39-32(42-30(24)18-38-29)41-26-8-4-21(2)37-17-26/h3-8,13-18H,9-12,19H2,1-2H3,(H,40,44)(H,39,41,42). The largest absolute Gasteiger partial charge is 0.416 e. The fourth-order valence-electron chi connectivity index (χ4n) is 5.11. The van der Waals surface area contributed by atoms with Gasteiger partial charge < -0.3 is 15.4 Å². The number of aromatic nitrogens is 4. The van der Waals surface area contributed by atoms with Gasteiger partial charge in [-0.25, -0.2) is 9.97 Å². The van der Waals surface area contributed by atoms with E-state index in [1.807, 2.05) is 43.0 Å². The first-order chi connectivity index (χ1) is 21.6. The van der Waals surface area contributed by atoms with Gasteiger partial charge in [-0.05, 0) is 67.4 Å². The van der Waals surface area contributed by atoms with E-state index < -0.39 is 17.6 Å². The molecule has 5 aromatic rings. The Labute approximate surface area is 257 Å². The number of carbonyl (C=O) groups excluding carboxylic acids is 1. The summed E-state index contributed by atoms with van der Waals surface area (Å²) in [6.45, 7) is 6.02. The highest BCUT2D eigenvalue weighted by molar-refractivity contribution is 6.04. The van der Waals surface area contributed by atoms with E-state index in [0.29, 0.717) is 49.1 Å². The predicted octanol–water partition coefficient (Wildman–Crippen LogP) is 6.55. The van der Waals surface area contributed by atoms with Gasteiger partial charge in [0.25, 0.3) is 5.91 Å². The molecule has 45 heavy (non-hydrogen) atoms. The van der Waals surface area contributed by atoms with Crippen LogP contribution in [0, 0.1) is 13.8 Å². The Morgan fingerprint density at radius 3 is 2.47 bits per heavy atom. The molecule has 6 rings (SSSR count). The minimum atomic E-state index is -4.60. The number of carbonyl (C=O) groups is 1. The summed E-state index contributed by atoms with van der Waals surface area (Å²) in [5.41, 5.74) is 4.24. The number of benzene rings is 2. The molecule has 0 unspecified atom stereocenters. The van der Waals surface area contributed by atoms with Crippen LogP contribution in [-0.4, -0.2) is 57.0 Å². The highest BCUT2D eigenvalue weighted by Gasteiger charge is 2.34. The average Bonchev–Trinajstić information content (AvgIpc) is 3.03. The van der Waals surface area contributed by atoms with E-state index in [1.165, 1.54) is 12.1 Å². The smallest absolute Gasteiger partial charge is 0.379 e. The Hall–Kier alpha value is -4.94. The normalized spacial score (nSPS) is 14.0. The van der Waals surface area contributed by atoms with Crippen molar-refractivity contribution in [1.29, 1.82) is 0 Å². The number of halogens is 3. The molecule has 0 radical (unpaired) electrons. The minimum Gasteiger partial charge on any atom is -0.379 e. The van der Waals surface area contributed by atoms with Crippen LogP contribution < -0.4 is 10.6 Å². The lowest BCUT2D eigenvalue weighted by Crippen LogP contribution is -2.36. The van der Waals surface area contributed by atoms with E-state index in [0.717, 1.165) is 34.0 Å². The second-order valence-electron chi connectivity index (χ2n) is 10.9. The Bertz CT molecular complexity index is 1860. The number of morpholine rings is 1. The Balaban J connectivity index is 1.21. The maximum absolute atomic E-state index is 14.0. The number of amides is 1. The molecular formula is C33H30F3N7O2. The second kappa shape index (κ2) is 12.6. The first-order valence-corrected chi connectivity index (χ1v) is 14.4. The Morgan fingerprint density at radius 1 is 0.911 bits per heavy atom. The van der Waals surface area contributed by atoms with Crippen LogP contribution in [0.1, 0.15) is 32.7 Å². The maximum atomic E-state index is 14.0. The SMILES string of the molecule is Cc1ccc(Nc2ncc3cc(-c4cc(NC(=O)c5ccc(CN6CCOCC6)c(C(F)(F)F)c5)ccc4C)ncc3n2)cn1. The van der Waals surface area contributed by atoms with Crippen molar-refractivity contribution in [2.75, 3.05) is 36.9 Å². The van der Waals surface area contributed by atoms with Crippen LogP contribution >= 0.6 is 0 Å². The number of ether oxygens (including phenoxy) is 1. The van der Waals surface area contributed by atoms with Gasteiger partial charge in [-0.1, -0.05) is 12.1 Å². The van der Waals surface area contributed by atoms with Gasteiger partial charge in [-0.2, -0.15) is 13.2 Å². The van der Waals surface area contributed by atoms with Gasteiger partial charge in [0.15, 0.2) is 0 Å². The molecule has 1 amide bonds. The summed E-state index contributed by atoms with van der Waals surface area (Å²) in [4.78, 5) is 32.9. The first-order valence-electron chi connectivity index (χ1n) is 14.4. The van der Waals surface area contributed by atoms with E-state index in [4.69, 9.17) is 4.74 Å². The fourth-order valence-corrected chi connectivity index (χ4v) is 5.11. The molecule has 2 aromatic carbocycles. The number of nitrogens with one attached hydrogen (secondary N) is 2. The van der Waals surface area contributed by atoms with Crippen LogP contribution in [0.15, 0.2) is 73.2 Å². The molecule has 1 aliphatic rings. The quantitative estimate of drug-likeness (QED) is 0.213. The third kappa shape index (κ3) is 7.08. The number of anilines is 3. The highest BCUT2D eigenvalue weighted by atomic mass is 19.4. The number of pyridine rings is 2. The predicted molar refractivity (Wildman–Crippen MR) is 165 cm³/mol. The molecule has 3 aromatic heterocycles. The van der Waals surface area contributed by atoms with Crippen LogP contribution in [0.25, 0.3) is 22.2 Å². The first kappa shape index (κ1) is 30.1. The summed E-state index contributed by atoms with van der Waals surface area (Å²) in [5.74, 6) is -0.233. The van der Waals surface area contributed by atoms with Crippen molar-refractivity contribution >= 4 is 34.1 Å². The number of alkyl halides is 3. The molecule has 230 valence electrons. The van der Waals surface area contributed by atoms with Crippen LogP contribution in [0.4, 0.5) is 30.5 Å². The van der Waals surface area contributed by atoms with Crippen molar-refractivity contribution in [3.8, 4) is 11.3 Å². The van der Waals surface area contributed by atoms with Crippen molar-refractivity contribution in [2.45, 2.75) is 26.6 Å². The van der Waals surface area contributed by atoms with E-state index in [1.54, 1.807) is 30.7 Å². The number of fused-ring (bicyclic) bond motifs is 1. The molecule has 0 bridgehead atoms. The number of nitrogens with zero attached hydrogens (tertiary/aromatic N) is 5. The lowest BCUT2D eigenvalue weighted by atomic mass is 10.0. The maximum Gasteiger partial charge on any atom is 0.416 e. The lowest BCUT2D eigenvalue weighted by Gasteiger charge is -2.27. The highest BCUT2D eigenvalue weighted by Crippen LogP contribution is 2.34. The van der Waals surface area contributed by atoms with E-state index >= 15 is 0 Å². The molecule has 12 heteroatoms. The summed E-state index contributed by atoms with van der Waals surface area (Å²) in [7, 11) is 0. The van der Waals surface area contributed by atoms with Crippen molar-refractivity contribution < 1.29 is 22.7 Å². The van der Waals surface area contributed by atoms with Gasteiger partial charge in [0.1, 0.15) is 0 Å². The zero-order valence-corrected chi connectivity index (χ0v) is 24.7. The zero-order valence-electron chi connectivity index (χ0n) is 24.7. The van der Waals surface area contributed by atoms with E-state index in [-0.39, 0.29) is 17.7 Å². The van der Waals surface area contributed by atoms with Crippen LogP contribution in [0.2, 0.25) is 0 Å². The summed E-state index contributed by atoms with van der Waals surface area (Å²) in [5, 5.41) is 6.64. The van der Waals surface area contributed by atoms with Gasteiger partial charge in [-0.15, -0.1) is 0 Å². The summed E-state index contributed by atoms with van der Waals surface area (Å²) in [6, 6.07) is 14.6. The molecule has 9 nitrogen and oxygen atoms in total. The monoisotopic (exact) mass is 613 g/mol. The van der Waals surface area contributed by atoms with Crippen LogP contribution in [0.5, 0.6) is 0 Å². The third-order valence-corrected chi connectivity index (χ3v) is 7.58. The van der Waals surface area contributed by atoms with Gasteiger partial charge in [0, 0.05) is 53.7 Å². The molecule has 0 saturated carbocycles. The van der Waals surface area contributed by atoms with Crippen molar-refractivity contribution in [3.63, 3.8) is 0 Å². The topological polar surface area (TPSA) is 105 Å². The average molecular weight is 614 g/mol. The molecular weight excluding hydrogens is 583 g/mol. The molecule has 2 N–H and O–H groups in total. The number of hydrogen-bond acceptors (Lipinski definition) is 8. The Kier molecular flexibility index (Phi) is 8.42. The number of hydrogen-bond donors (Lipinski definition) is 2. The van der Waals surface area contributed by atoms with E-state index in [2.05, 4.69) is 30.6 Å². The van der Waals surface area contributed by atoms with Crippen molar-refractivity contribution in [1.82, 2.24) is 24.8 Å². The molecule has 4 heterocycles. The minimum absolute atomic E-state index is 0.0815. The molecule has 1 aliphatic heterocycles. The third-order valence-electron chi connectivity index (χ3n) is 7.58. The second-order valence-corrected chi connectivity index (χ2v) is 10.9. The fraction of sp³-hybridized carbons (Fsp3) is 0.242. The molecule has 0 aliphatic carbocycles. The summed E-state index contributed by atoms with van der Waals surface area (Å²) < 4.78 is 47.3. The van der Waals surface area contributed by atoms with Gasteiger partial charge >= 0.3 is 6.18 Å².